The maximum atomic E-state index is 12.1. The van der Waals surface area contributed by atoms with E-state index in [0.29, 0.717) is 16.9 Å². The van der Waals surface area contributed by atoms with Gasteiger partial charge in [-0.3, -0.25) is 19.3 Å². The van der Waals surface area contributed by atoms with E-state index in [1.807, 2.05) is 18.2 Å². The van der Waals surface area contributed by atoms with Gasteiger partial charge < -0.3 is 10.6 Å². The third kappa shape index (κ3) is 6.09. The molecule has 7 heteroatoms. The second-order valence-electron chi connectivity index (χ2n) is 5.89. The number of ketones is 1. The number of carbonyl (C=O) groups excluding carboxylic acids is 3. The first-order valence-electron chi connectivity index (χ1n) is 7.99. The van der Waals surface area contributed by atoms with E-state index in [-0.39, 0.29) is 30.7 Å². The quantitative estimate of drug-likeness (QED) is 0.678. The summed E-state index contributed by atoms with van der Waals surface area (Å²) < 4.78 is 0.791. The van der Waals surface area contributed by atoms with E-state index in [0.717, 1.165) is 4.47 Å². The normalized spacial score (nSPS) is 10.5. The average molecular weight is 418 g/mol. The molecule has 0 aromatic heterocycles. The lowest BCUT2D eigenvalue weighted by molar-refractivity contribution is -0.119. The Labute approximate surface area is 160 Å². The van der Waals surface area contributed by atoms with Gasteiger partial charge in [-0.05, 0) is 54.2 Å². The lowest BCUT2D eigenvalue weighted by Crippen LogP contribution is -2.36. The standard InChI is InChI=1S/C19H20BrN3O3/c1-13(24)14-6-5-7-15(10-14)21-18(25)11-23(2)12-19(26)22-17-9-4-3-8-16(17)20/h3-10H,11-12H2,1-2H3,(H,21,25)(H,22,26). The Balaban J connectivity index is 1.85. The molecule has 0 saturated heterocycles. The summed E-state index contributed by atoms with van der Waals surface area (Å²) in [5.41, 5.74) is 1.76. The van der Waals surface area contributed by atoms with Gasteiger partial charge in [-0.25, -0.2) is 0 Å². The van der Waals surface area contributed by atoms with Crippen molar-refractivity contribution in [2.45, 2.75) is 6.92 Å². The van der Waals surface area contributed by atoms with Crippen LogP contribution in [-0.2, 0) is 9.59 Å². The van der Waals surface area contributed by atoms with Crippen molar-refractivity contribution >= 4 is 44.9 Å². The summed E-state index contributed by atoms with van der Waals surface area (Å²) in [4.78, 5) is 37.2. The number of rotatable bonds is 7. The topological polar surface area (TPSA) is 78.5 Å². The van der Waals surface area contributed by atoms with E-state index >= 15 is 0 Å². The third-order valence-corrected chi connectivity index (χ3v) is 4.22. The highest BCUT2D eigenvalue weighted by atomic mass is 79.9. The summed E-state index contributed by atoms with van der Waals surface area (Å²) in [6.45, 7) is 1.59. The number of nitrogens with one attached hydrogen (secondary N) is 2. The number of Topliss-reactive ketones (excluding diaryl/α,β-unsaturated/α-hetero) is 1. The highest BCUT2D eigenvalue weighted by molar-refractivity contribution is 9.10. The molecule has 0 bridgehead atoms. The molecule has 0 radical (unpaired) electrons. The molecule has 0 unspecified atom stereocenters. The second kappa shape index (κ2) is 9.26. The molecule has 6 nitrogen and oxygen atoms in total. The highest BCUT2D eigenvalue weighted by Crippen LogP contribution is 2.20. The van der Waals surface area contributed by atoms with Crippen LogP contribution in [0.2, 0.25) is 0 Å². The Bertz CT molecular complexity index is 823. The molecule has 2 aromatic carbocycles. The molecule has 0 fully saturated rings. The number of para-hydroxylation sites is 1. The van der Waals surface area contributed by atoms with Gasteiger partial charge in [0.2, 0.25) is 11.8 Å². The summed E-state index contributed by atoms with van der Waals surface area (Å²) in [5.74, 6) is -0.547. The predicted octanol–water partition coefficient (Wildman–Crippen LogP) is 3.16. The number of carbonyl (C=O) groups is 3. The zero-order valence-electron chi connectivity index (χ0n) is 14.6. The molecule has 0 atom stereocenters. The minimum Gasteiger partial charge on any atom is -0.325 e. The fraction of sp³-hybridized carbons (Fsp3) is 0.211. The number of hydrogen-bond acceptors (Lipinski definition) is 4. The van der Waals surface area contributed by atoms with Gasteiger partial charge in [0.15, 0.2) is 5.78 Å². The molecule has 2 rings (SSSR count). The van der Waals surface area contributed by atoms with Crippen molar-refractivity contribution in [3.05, 3.63) is 58.6 Å². The van der Waals surface area contributed by atoms with Crippen molar-refractivity contribution in [3.8, 4) is 0 Å². The Morgan fingerprint density at radius 3 is 2.27 bits per heavy atom. The van der Waals surface area contributed by atoms with Crippen molar-refractivity contribution in [3.63, 3.8) is 0 Å². The van der Waals surface area contributed by atoms with E-state index in [2.05, 4.69) is 26.6 Å². The first-order chi connectivity index (χ1) is 12.3. The van der Waals surface area contributed by atoms with Crippen molar-refractivity contribution in [1.29, 1.82) is 0 Å². The van der Waals surface area contributed by atoms with Crippen LogP contribution in [0, 0.1) is 0 Å². The zero-order chi connectivity index (χ0) is 19.1. The smallest absolute Gasteiger partial charge is 0.238 e. The van der Waals surface area contributed by atoms with Crippen molar-refractivity contribution in [2.75, 3.05) is 30.8 Å². The van der Waals surface area contributed by atoms with Gasteiger partial charge in [0.25, 0.3) is 0 Å². The van der Waals surface area contributed by atoms with Gasteiger partial charge in [-0.15, -0.1) is 0 Å². The molecule has 0 aliphatic rings. The van der Waals surface area contributed by atoms with Crippen molar-refractivity contribution in [2.24, 2.45) is 0 Å². The van der Waals surface area contributed by atoms with E-state index in [9.17, 15) is 14.4 Å². The summed E-state index contributed by atoms with van der Waals surface area (Å²) in [7, 11) is 1.69. The molecular formula is C19H20BrN3O3. The summed E-state index contributed by atoms with van der Waals surface area (Å²) >= 11 is 3.37. The maximum Gasteiger partial charge on any atom is 0.238 e. The van der Waals surface area contributed by atoms with Crippen LogP contribution in [0.25, 0.3) is 0 Å². The van der Waals surface area contributed by atoms with E-state index in [1.54, 1.807) is 42.3 Å². The maximum absolute atomic E-state index is 12.1. The largest absolute Gasteiger partial charge is 0.325 e. The molecule has 2 aromatic rings. The number of likely N-dealkylation sites (N-methyl/N-ethyl adjacent to an activating group) is 1. The highest BCUT2D eigenvalue weighted by Gasteiger charge is 2.12. The van der Waals surface area contributed by atoms with Crippen LogP contribution in [0.15, 0.2) is 53.0 Å². The lowest BCUT2D eigenvalue weighted by atomic mass is 10.1. The number of anilines is 2. The average Bonchev–Trinajstić information content (AvgIpc) is 2.56. The van der Waals surface area contributed by atoms with E-state index < -0.39 is 0 Å². The van der Waals surface area contributed by atoms with Crippen LogP contribution in [0.1, 0.15) is 17.3 Å². The zero-order valence-corrected chi connectivity index (χ0v) is 16.2. The van der Waals surface area contributed by atoms with Crippen LogP contribution < -0.4 is 10.6 Å². The van der Waals surface area contributed by atoms with E-state index in [1.165, 1.54) is 6.92 Å². The van der Waals surface area contributed by atoms with Gasteiger partial charge >= 0.3 is 0 Å². The molecule has 0 spiro atoms. The van der Waals surface area contributed by atoms with Crippen LogP contribution >= 0.6 is 15.9 Å². The Kier molecular flexibility index (Phi) is 7.06. The Hall–Kier alpha value is -2.51. The van der Waals surface area contributed by atoms with Gasteiger partial charge in [-0.2, -0.15) is 0 Å². The molecule has 2 amide bonds. The van der Waals surface area contributed by atoms with Crippen molar-refractivity contribution < 1.29 is 14.4 Å². The van der Waals surface area contributed by atoms with Crippen molar-refractivity contribution in [1.82, 2.24) is 4.90 Å². The number of amides is 2. The molecule has 2 N–H and O–H groups in total. The lowest BCUT2D eigenvalue weighted by Gasteiger charge is -2.16. The molecule has 136 valence electrons. The fourth-order valence-corrected chi connectivity index (χ4v) is 2.70. The minimum absolute atomic E-state index is 0.0493. The molecule has 0 aliphatic carbocycles. The third-order valence-electron chi connectivity index (χ3n) is 3.53. The minimum atomic E-state index is -0.262. The number of benzene rings is 2. The van der Waals surface area contributed by atoms with Crippen LogP contribution in [-0.4, -0.2) is 42.6 Å². The summed E-state index contributed by atoms with van der Waals surface area (Å²) in [6, 6.07) is 14.0. The van der Waals surface area contributed by atoms with Gasteiger partial charge in [0.05, 0.1) is 18.8 Å². The number of nitrogens with zero attached hydrogens (tertiary/aromatic N) is 1. The number of halogens is 1. The molecular weight excluding hydrogens is 398 g/mol. The predicted molar refractivity (Wildman–Crippen MR) is 105 cm³/mol. The van der Waals surface area contributed by atoms with Crippen LogP contribution in [0.4, 0.5) is 11.4 Å². The fourth-order valence-electron chi connectivity index (χ4n) is 2.31. The number of hydrogen-bond donors (Lipinski definition) is 2. The molecule has 26 heavy (non-hydrogen) atoms. The SMILES string of the molecule is CC(=O)c1cccc(NC(=O)CN(C)CC(=O)Nc2ccccc2Br)c1. The monoisotopic (exact) mass is 417 g/mol. The molecule has 0 heterocycles. The first-order valence-corrected chi connectivity index (χ1v) is 8.78. The van der Waals surface area contributed by atoms with Gasteiger partial charge in [0, 0.05) is 15.7 Å². The second-order valence-corrected chi connectivity index (χ2v) is 6.74. The first kappa shape index (κ1) is 19.8. The van der Waals surface area contributed by atoms with Gasteiger partial charge in [0.1, 0.15) is 0 Å². The van der Waals surface area contributed by atoms with Gasteiger partial charge in [-0.1, -0.05) is 24.3 Å². The molecule has 0 saturated carbocycles. The van der Waals surface area contributed by atoms with Crippen LogP contribution in [0.5, 0.6) is 0 Å². The summed E-state index contributed by atoms with van der Waals surface area (Å²) in [6.07, 6.45) is 0. The Morgan fingerprint density at radius 1 is 0.962 bits per heavy atom. The molecule has 0 aliphatic heterocycles. The Morgan fingerprint density at radius 2 is 1.62 bits per heavy atom. The van der Waals surface area contributed by atoms with Crippen LogP contribution in [0.3, 0.4) is 0 Å². The van der Waals surface area contributed by atoms with E-state index in [4.69, 9.17) is 0 Å². The summed E-state index contributed by atoms with van der Waals surface area (Å²) in [5, 5.41) is 5.52.